The van der Waals surface area contributed by atoms with E-state index < -0.39 is 5.91 Å². The smallest absolute Gasteiger partial charge is 0.256 e. The van der Waals surface area contributed by atoms with Crippen LogP contribution in [0.15, 0.2) is 23.6 Å². The molecule has 0 bridgehead atoms. The maximum Gasteiger partial charge on any atom is 0.256 e. The SMILES string of the molecule is COc1nc(SC)nc(-c2cnccc2Cl)c1C(N)=O. The van der Waals surface area contributed by atoms with Gasteiger partial charge < -0.3 is 10.5 Å². The number of primary amides is 1. The van der Waals surface area contributed by atoms with E-state index in [0.29, 0.717) is 21.4 Å². The molecule has 0 saturated heterocycles. The monoisotopic (exact) mass is 310 g/mol. The highest BCUT2D eigenvalue weighted by molar-refractivity contribution is 7.98. The van der Waals surface area contributed by atoms with E-state index in [2.05, 4.69) is 15.0 Å². The maximum absolute atomic E-state index is 11.7. The summed E-state index contributed by atoms with van der Waals surface area (Å²) in [5, 5.41) is 0.858. The molecule has 2 N–H and O–H groups in total. The molecule has 0 saturated carbocycles. The van der Waals surface area contributed by atoms with Crippen molar-refractivity contribution in [1.82, 2.24) is 15.0 Å². The largest absolute Gasteiger partial charge is 0.480 e. The molecule has 0 aliphatic rings. The van der Waals surface area contributed by atoms with Crippen LogP contribution in [-0.2, 0) is 0 Å². The molecular formula is C12H11ClN4O2S. The molecule has 0 aliphatic heterocycles. The molecule has 104 valence electrons. The topological polar surface area (TPSA) is 91.0 Å². The Hall–Kier alpha value is -1.86. The predicted octanol–water partition coefficient (Wildman–Crippen LogP) is 2.02. The molecule has 0 fully saturated rings. The minimum atomic E-state index is -0.690. The third kappa shape index (κ3) is 2.68. The van der Waals surface area contributed by atoms with Crippen LogP contribution < -0.4 is 10.5 Å². The van der Waals surface area contributed by atoms with Gasteiger partial charge in [-0.2, -0.15) is 4.98 Å². The molecule has 2 aromatic rings. The van der Waals surface area contributed by atoms with Crippen molar-refractivity contribution in [3.05, 3.63) is 29.0 Å². The number of halogens is 1. The Bertz CT molecular complexity index is 666. The molecule has 1 amide bonds. The molecule has 0 atom stereocenters. The van der Waals surface area contributed by atoms with Crippen molar-refractivity contribution in [1.29, 1.82) is 0 Å². The number of nitrogens with zero attached hydrogens (tertiary/aromatic N) is 3. The zero-order valence-corrected chi connectivity index (χ0v) is 12.3. The van der Waals surface area contributed by atoms with Gasteiger partial charge in [0.1, 0.15) is 5.56 Å². The first-order valence-corrected chi connectivity index (χ1v) is 7.08. The van der Waals surface area contributed by atoms with Crippen molar-refractivity contribution in [2.45, 2.75) is 5.16 Å². The summed E-state index contributed by atoms with van der Waals surface area (Å²) in [4.78, 5) is 24.1. The summed E-state index contributed by atoms with van der Waals surface area (Å²) in [6, 6.07) is 1.61. The Morgan fingerprint density at radius 2 is 2.20 bits per heavy atom. The lowest BCUT2D eigenvalue weighted by Gasteiger charge is -2.12. The second-order valence-corrected chi connectivity index (χ2v) is 4.84. The lowest BCUT2D eigenvalue weighted by molar-refractivity contribution is 0.0996. The fraction of sp³-hybridized carbons (Fsp3) is 0.167. The molecule has 2 aromatic heterocycles. The fourth-order valence-electron chi connectivity index (χ4n) is 1.63. The van der Waals surface area contributed by atoms with Crippen LogP contribution in [0.5, 0.6) is 5.88 Å². The number of hydrogen-bond donors (Lipinski definition) is 1. The second kappa shape index (κ2) is 6.06. The fourth-order valence-corrected chi connectivity index (χ4v) is 2.18. The molecule has 0 spiro atoms. The lowest BCUT2D eigenvalue weighted by Crippen LogP contribution is -2.16. The molecule has 6 nitrogen and oxygen atoms in total. The first-order valence-electron chi connectivity index (χ1n) is 5.48. The molecule has 2 heterocycles. The first kappa shape index (κ1) is 14.5. The van der Waals surface area contributed by atoms with Crippen LogP contribution in [0.1, 0.15) is 10.4 Å². The molecular weight excluding hydrogens is 300 g/mol. The summed E-state index contributed by atoms with van der Waals surface area (Å²) in [5.74, 6) is -0.573. The molecule has 0 unspecified atom stereocenters. The van der Waals surface area contributed by atoms with Crippen LogP contribution in [0.25, 0.3) is 11.3 Å². The van der Waals surface area contributed by atoms with Gasteiger partial charge in [-0.1, -0.05) is 23.4 Å². The standard InChI is InChI=1S/C12H11ClN4O2S/c1-19-11-8(10(14)18)9(16-12(17-11)20-2)6-5-15-4-3-7(6)13/h3-5H,1-2H3,(H2,14,18). The highest BCUT2D eigenvalue weighted by atomic mass is 35.5. The molecule has 0 radical (unpaired) electrons. The Morgan fingerprint density at radius 1 is 1.45 bits per heavy atom. The number of thioether (sulfide) groups is 1. The lowest BCUT2D eigenvalue weighted by atomic mass is 10.1. The van der Waals surface area contributed by atoms with Crippen molar-refractivity contribution in [2.75, 3.05) is 13.4 Å². The quantitative estimate of drug-likeness (QED) is 0.686. The molecule has 2 rings (SSSR count). The summed E-state index contributed by atoms with van der Waals surface area (Å²) >= 11 is 7.44. The van der Waals surface area contributed by atoms with Crippen molar-refractivity contribution in [3.63, 3.8) is 0 Å². The summed E-state index contributed by atoms with van der Waals surface area (Å²) in [6.45, 7) is 0. The van der Waals surface area contributed by atoms with Crippen molar-refractivity contribution < 1.29 is 9.53 Å². The van der Waals surface area contributed by atoms with Crippen molar-refractivity contribution in [3.8, 4) is 17.1 Å². The number of aromatic nitrogens is 3. The van der Waals surface area contributed by atoms with Crippen LogP contribution >= 0.6 is 23.4 Å². The van der Waals surface area contributed by atoms with E-state index in [9.17, 15) is 4.79 Å². The van der Waals surface area contributed by atoms with Gasteiger partial charge in [0.05, 0.1) is 17.8 Å². The van der Waals surface area contributed by atoms with Gasteiger partial charge in [-0.3, -0.25) is 9.78 Å². The van der Waals surface area contributed by atoms with E-state index in [1.165, 1.54) is 25.1 Å². The number of amides is 1. The van der Waals surface area contributed by atoms with Gasteiger partial charge in [0.2, 0.25) is 5.88 Å². The van der Waals surface area contributed by atoms with E-state index in [0.717, 1.165) is 0 Å². The average Bonchev–Trinajstić information content (AvgIpc) is 2.46. The van der Waals surface area contributed by atoms with Crippen LogP contribution in [0, 0.1) is 0 Å². The number of ether oxygens (including phenoxy) is 1. The highest BCUT2D eigenvalue weighted by Crippen LogP contribution is 2.33. The first-order chi connectivity index (χ1) is 9.58. The van der Waals surface area contributed by atoms with Crippen molar-refractivity contribution >= 4 is 29.3 Å². The van der Waals surface area contributed by atoms with Gasteiger partial charge in [-0.05, 0) is 12.3 Å². The summed E-state index contributed by atoms with van der Waals surface area (Å²) in [5.41, 5.74) is 6.30. The van der Waals surface area contributed by atoms with E-state index in [-0.39, 0.29) is 11.4 Å². The predicted molar refractivity (Wildman–Crippen MR) is 77.1 cm³/mol. The van der Waals surface area contributed by atoms with Gasteiger partial charge in [0, 0.05) is 18.0 Å². The molecule has 20 heavy (non-hydrogen) atoms. The number of carbonyl (C=O) groups excluding carboxylic acids is 1. The number of rotatable bonds is 4. The minimum absolute atomic E-state index is 0.0835. The number of methoxy groups -OCH3 is 1. The Labute approximate surface area is 124 Å². The number of carbonyl (C=O) groups is 1. The third-order valence-corrected chi connectivity index (χ3v) is 3.38. The molecule has 0 aliphatic carbocycles. The van der Waals surface area contributed by atoms with Crippen LogP contribution in [0.4, 0.5) is 0 Å². The van der Waals surface area contributed by atoms with Crippen LogP contribution in [-0.4, -0.2) is 34.2 Å². The van der Waals surface area contributed by atoms with Crippen LogP contribution in [0.3, 0.4) is 0 Å². The normalized spacial score (nSPS) is 10.3. The average molecular weight is 311 g/mol. The second-order valence-electron chi connectivity index (χ2n) is 3.66. The molecule has 0 aromatic carbocycles. The molecule has 8 heteroatoms. The third-order valence-electron chi connectivity index (χ3n) is 2.50. The summed E-state index contributed by atoms with van der Waals surface area (Å²) in [6.07, 6.45) is 4.87. The van der Waals surface area contributed by atoms with Gasteiger partial charge >= 0.3 is 0 Å². The summed E-state index contributed by atoms with van der Waals surface area (Å²) in [7, 11) is 1.41. The number of hydrogen-bond acceptors (Lipinski definition) is 6. The zero-order chi connectivity index (χ0) is 14.7. The van der Waals surface area contributed by atoms with Gasteiger partial charge in [0.15, 0.2) is 5.16 Å². The highest BCUT2D eigenvalue weighted by Gasteiger charge is 2.22. The maximum atomic E-state index is 11.7. The van der Waals surface area contributed by atoms with E-state index in [1.807, 2.05) is 6.26 Å². The Kier molecular flexibility index (Phi) is 4.41. The van der Waals surface area contributed by atoms with Gasteiger partial charge in [0.25, 0.3) is 5.91 Å². The van der Waals surface area contributed by atoms with E-state index >= 15 is 0 Å². The number of nitrogens with two attached hydrogens (primary N) is 1. The number of pyridine rings is 1. The summed E-state index contributed by atoms with van der Waals surface area (Å²) < 4.78 is 5.12. The zero-order valence-electron chi connectivity index (χ0n) is 10.8. The van der Waals surface area contributed by atoms with Gasteiger partial charge in [-0.15, -0.1) is 0 Å². The van der Waals surface area contributed by atoms with Gasteiger partial charge in [-0.25, -0.2) is 4.98 Å². The van der Waals surface area contributed by atoms with Crippen LogP contribution in [0.2, 0.25) is 5.02 Å². The van der Waals surface area contributed by atoms with E-state index in [4.69, 9.17) is 22.1 Å². The van der Waals surface area contributed by atoms with Crippen molar-refractivity contribution in [2.24, 2.45) is 5.73 Å². The van der Waals surface area contributed by atoms with E-state index in [1.54, 1.807) is 12.3 Å². The Morgan fingerprint density at radius 3 is 2.75 bits per heavy atom. The minimum Gasteiger partial charge on any atom is -0.480 e. The Balaban J connectivity index is 2.79.